The van der Waals surface area contributed by atoms with E-state index in [1.807, 2.05) is 13.0 Å². The van der Waals surface area contributed by atoms with E-state index in [2.05, 4.69) is 44.1 Å². The fraction of sp³-hybridized carbons (Fsp3) is 0.545. The minimum Gasteiger partial charge on any atom is -0.350 e. The summed E-state index contributed by atoms with van der Waals surface area (Å²) in [4.78, 5) is 12.9. The molecule has 0 radical (unpaired) electrons. The molecule has 0 aromatic carbocycles. The van der Waals surface area contributed by atoms with Crippen LogP contribution in [0.3, 0.4) is 0 Å². The molecule has 0 saturated carbocycles. The Hall–Kier alpha value is 0.130. The number of rotatable bonds is 5. The van der Waals surface area contributed by atoms with Crippen LogP contribution in [0.25, 0.3) is 0 Å². The average molecular weight is 369 g/mol. The van der Waals surface area contributed by atoms with Crippen LogP contribution in [-0.2, 0) is 0 Å². The Bertz CT molecular complexity index is 345. The van der Waals surface area contributed by atoms with Crippen molar-refractivity contribution in [3.8, 4) is 0 Å². The van der Waals surface area contributed by atoms with Gasteiger partial charge in [0.05, 0.1) is 8.66 Å². The largest absolute Gasteiger partial charge is 0.350 e. The summed E-state index contributed by atoms with van der Waals surface area (Å²) in [6, 6.07) is 1.91. The monoisotopic (exact) mass is 367 g/mol. The summed E-state index contributed by atoms with van der Waals surface area (Å²) in [6.07, 6.45) is 2.20. The van der Waals surface area contributed by atoms with Crippen LogP contribution in [-0.4, -0.2) is 17.3 Å². The second-order valence-corrected chi connectivity index (χ2v) is 7.33. The number of carbonyl (C=O) groups is 1. The average Bonchev–Trinajstić information content (AvgIpc) is 2.56. The molecule has 0 aliphatic carbocycles. The molecule has 1 rings (SSSR count). The number of nitrogens with one attached hydrogen (secondary N) is 1. The predicted octanol–water partition coefficient (Wildman–Crippen LogP) is 4.11. The first-order valence-corrected chi connectivity index (χ1v) is 7.75. The van der Waals surface area contributed by atoms with Crippen LogP contribution in [0.5, 0.6) is 0 Å². The van der Waals surface area contributed by atoms with E-state index in [4.69, 9.17) is 0 Å². The number of alkyl halides is 1. The highest BCUT2D eigenvalue weighted by Crippen LogP contribution is 2.27. The van der Waals surface area contributed by atoms with Crippen molar-refractivity contribution in [1.82, 2.24) is 5.32 Å². The van der Waals surface area contributed by atoms with Crippen molar-refractivity contribution in [3.63, 3.8) is 0 Å². The van der Waals surface area contributed by atoms with Crippen molar-refractivity contribution in [2.75, 3.05) is 6.54 Å². The van der Waals surface area contributed by atoms with Gasteiger partial charge in [-0.1, -0.05) is 29.3 Å². The molecule has 5 heteroatoms. The maximum absolute atomic E-state index is 11.8. The summed E-state index contributed by atoms with van der Waals surface area (Å²) in [5, 5.41) is 2.93. The minimum absolute atomic E-state index is 0.0133. The summed E-state index contributed by atoms with van der Waals surface area (Å²) >= 11 is 8.43. The smallest absolute Gasteiger partial charge is 0.261 e. The second-order valence-electron chi connectivity index (χ2n) is 3.66. The van der Waals surface area contributed by atoms with E-state index >= 15 is 0 Å². The Morgan fingerprint density at radius 2 is 2.31 bits per heavy atom. The summed E-state index contributed by atoms with van der Waals surface area (Å²) in [7, 11) is 0. The number of carbonyl (C=O) groups excluding carboxylic acids is 1. The zero-order valence-electron chi connectivity index (χ0n) is 9.35. The van der Waals surface area contributed by atoms with Crippen LogP contribution in [0.15, 0.2) is 9.85 Å². The molecule has 1 N–H and O–H groups in total. The third kappa shape index (κ3) is 4.18. The molecule has 0 bridgehead atoms. The number of amides is 1. The van der Waals surface area contributed by atoms with Gasteiger partial charge in [-0.3, -0.25) is 4.79 Å². The maximum atomic E-state index is 11.8. The molecule has 1 unspecified atom stereocenters. The Morgan fingerprint density at radius 3 is 2.81 bits per heavy atom. The van der Waals surface area contributed by atoms with Gasteiger partial charge < -0.3 is 5.32 Å². The van der Waals surface area contributed by atoms with Gasteiger partial charge in [-0.2, -0.15) is 0 Å². The summed E-state index contributed by atoms with van der Waals surface area (Å²) in [6.45, 7) is 4.80. The highest BCUT2D eigenvalue weighted by atomic mass is 79.9. The van der Waals surface area contributed by atoms with Crippen LogP contribution >= 0.6 is 43.2 Å². The van der Waals surface area contributed by atoms with Crippen molar-refractivity contribution < 1.29 is 4.79 Å². The van der Waals surface area contributed by atoms with Gasteiger partial charge in [-0.15, -0.1) is 11.3 Å². The van der Waals surface area contributed by atoms with Gasteiger partial charge in [0.2, 0.25) is 0 Å². The van der Waals surface area contributed by atoms with E-state index in [1.54, 1.807) is 0 Å². The highest BCUT2D eigenvalue weighted by Gasteiger charge is 2.12. The molecule has 0 fully saturated rings. The normalized spacial score (nSPS) is 12.5. The van der Waals surface area contributed by atoms with Crippen molar-refractivity contribution in [2.24, 2.45) is 0 Å². The van der Waals surface area contributed by atoms with Gasteiger partial charge in [0.1, 0.15) is 0 Å². The maximum Gasteiger partial charge on any atom is 0.261 e. The van der Waals surface area contributed by atoms with Gasteiger partial charge >= 0.3 is 0 Å². The predicted molar refractivity (Wildman–Crippen MR) is 76.7 cm³/mol. The topological polar surface area (TPSA) is 29.1 Å². The van der Waals surface area contributed by atoms with Crippen LogP contribution < -0.4 is 5.32 Å². The van der Waals surface area contributed by atoms with E-state index in [0.717, 1.165) is 27.1 Å². The van der Waals surface area contributed by atoms with E-state index < -0.39 is 0 Å². The SMILES string of the molecule is CCCC(Br)CNC(=O)c1cc(C)c(Br)s1. The summed E-state index contributed by atoms with van der Waals surface area (Å²) in [5.74, 6) is 0.0133. The van der Waals surface area contributed by atoms with Gasteiger partial charge in [0, 0.05) is 11.4 Å². The van der Waals surface area contributed by atoms with Gasteiger partial charge in [-0.05, 0) is 40.9 Å². The van der Waals surface area contributed by atoms with E-state index in [-0.39, 0.29) is 5.91 Å². The third-order valence-corrected chi connectivity index (χ3v) is 5.08. The molecule has 90 valence electrons. The zero-order chi connectivity index (χ0) is 12.1. The van der Waals surface area contributed by atoms with Crippen LogP contribution in [0.2, 0.25) is 0 Å². The van der Waals surface area contributed by atoms with Crippen LogP contribution in [0.1, 0.15) is 35.0 Å². The van der Waals surface area contributed by atoms with Crippen LogP contribution in [0.4, 0.5) is 0 Å². The van der Waals surface area contributed by atoms with Crippen molar-refractivity contribution in [3.05, 3.63) is 20.3 Å². The fourth-order valence-corrected chi connectivity index (χ4v) is 3.35. The van der Waals surface area contributed by atoms with E-state index in [0.29, 0.717) is 11.4 Å². The Morgan fingerprint density at radius 1 is 1.62 bits per heavy atom. The van der Waals surface area contributed by atoms with Crippen molar-refractivity contribution in [2.45, 2.75) is 31.5 Å². The molecule has 1 atom stereocenters. The molecule has 0 spiro atoms. The molecule has 0 saturated heterocycles. The van der Waals surface area contributed by atoms with Crippen molar-refractivity contribution >= 4 is 49.1 Å². The lowest BCUT2D eigenvalue weighted by Crippen LogP contribution is -2.28. The molecule has 1 heterocycles. The lowest BCUT2D eigenvalue weighted by molar-refractivity contribution is 0.0957. The molecule has 1 aromatic heterocycles. The minimum atomic E-state index is 0.0133. The number of thiophene rings is 1. The van der Waals surface area contributed by atoms with Gasteiger partial charge in [0.15, 0.2) is 0 Å². The lowest BCUT2D eigenvalue weighted by Gasteiger charge is -2.08. The van der Waals surface area contributed by atoms with Gasteiger partial charge in [0.25, 0.3) is 5.91 Å². The Labute approximate surface area is 117 Å². The molecule has 16 heavy (non-hydrogen) atoms. The first-order valence-electron chi connectivity index (χ1n) is 5.22. The Kier molecular flexibility index (Phi) is 6.00. The first-order chi connectivity index (χ1) is 7.54. The van der Waals surface area contributed by atoms with E-state index in [1.165, 1.54) is 11.3 Å². The number of halogens is 2. The highest BCUT2D eigenvalue weighted by molar-refractivity contribution is 9.11. The molecule has 0 aliphatic rings. The number of hydrogen-bond acceptors (Lipinski definition) is 2. The standard InChI is InChI=1S/C11H15Br2NOS/c1-3-4-8(12)6-14-11(15)9-5-7(2)10(13)16-9/h5,8H,3-4,6H2,1-2H3,(H,14,15). The second kappa shape index (κ2) is 6.77. The molecule has 1 aromatic rings. The third-order valence-electron chi connectivity index (χ3n) is 2.17. The molecular formula is C11H15Br2NOS. The van der Waals surface area contributed by atoms with Crippen molar-refractivity contribution in [1.29, 1.82) is 0 Å². The quantitative estimate of drug-likeness (QED) is 0.778. The Balaban J connectivity index is 2.46. The number of hydrogen-bond donors (Lipinski definition) is 1. The fourth-order valence-electron chi connectivity index (χ4n) is 1.28. The summed E-state index contributed by atoms with van der Waals surface area (Å²) < 4.78 is 1.03. The first kappa shape index (κ1) is 14.2. The molecule has 2 nitrogen and oxygen atoms in total. The lowest BCUT2D eigenvalue weighted by atomic mass is 10.2. The molecule has 0 aliphatic heterocycles. The molecular weight excluding hydrogens is 354 g/mol. The number of aryl methyl sites for hydroxylation is 1. The van der Waals surface area contributed by atoms with Crippen LogP contribution in [0, 0.1) is 6.92 Å². The zero-order valence-corrected chi connectivity index (χ0v) is 13.3. The molecule has 1 amide bonds. The summed E-state index contributed by atoms with van der Waals surface area (Å²) in [5.41, 5.74) is 1.11. The van der Waals surface area contributed by atoms with Gasteiger partial charge in [-0.25, -0.2) is 0 Å². The van der Waals surface area contributed by atoms with E-state index in [9.17, 15) is 4.79 Å².